The molecule has 0 fully saturated rings. The largest absolute Gasteiger partial charge is 0.488 e. The van der Waals surface area contributed by atoms with Crippen LogP contribution in [0.25, 0.3) is 0 Å². The van der Waals surface area contributed by atoms with Gasteiger partial charge in [-0.05, 0) is 45.0 Å². The lowest BCUT2D eigenvalue weighted by Crippen LogP contribution is -2.28. The number of nitrogens with one attached hydrogen (secondary N) is 1. The minimum absolute atomic E-state index is 0. The molecule has 120 valence electrons. The van der Waals surface area contributed by atoms with E-state index in [-0.39, 0.29) is 36.4 Å². The van der Waals surface area contributed by atoms with Crippen molar-refractivity contribution < 1.29 is 14.3 Å². The number of ether oxygens (including phenoxy) is 2. The molecule has 0 saturated heterocycles. The van der Waals surface area contributed by atoms with E-state index in [1.54, 1.807) is 7.11 Å². The highest BCUT2D eigenvalue weighted by Gasteiger charge is 2.13. The van der Waals surface area contributed by atoms with Crippen LogP contribution in [0.3, 0.4) is 0 Å². The van der Waals surface area contributed by atoms with Gasteiger partial charge in [-0.1, -0.05) is 0 Å². The minimum Gasteiger partial charge on any atom is -0.488 e. The summed E-state index contributed by atoms with van der Waals surface area (Å²) in [5.74, 6) is 0.652. The van der Waals surface area contributed by atoms with Gasteiger partial charge < -0.3 is 20.5 Å². The molecule has 1 atom stereocenters. The molecule has 5 nitrogen and oxygen atoms in total. The Bertz CT molecular complexity index is 426. The lowest BCUT2D eigenvalue weighted by atomic mass is 10.2. The summed E-state index contributed by atoms with van der Waals surface area (Å²) in [7, 11) is 1.55. The van der Waals surface area contributed by atoms with Crippen molar-refractivity contribution >= 4 is 24.0 Å². The van der Waals surface area contributed by atoms with Crippen LogP contribution in [0.2, 0.25) is 0 Å². The molecule has 1 aromatic rings. The van der Waals surface area contributed by atoms with Gasteiger partial charge in [-0.15, -0.1) is 12.4 Å². The van der Waals surface area contributed by atoms with E-state index in [4.69, 9.17) is 15.2 Å². The van der Waals surface area contributed by atoms with Crippen molar-refractivity contribution in [2.45, 2.75) is 38.9 Å². The smallest absolute Gasteiger partial charge is 0.227 e. The van der Waals surface area contributed by atoms with Gasteiger partial charge in [0.25, 0.3) is 0 Å². The van der Waals surface area contributed by atoms with Gasteiger partial charge in [0, 0.05) is 19.3 Å². The van der Waals surface area contributed by atoms with Crippen LogP contribution in [-0.2, 0) is 9.53 Å². The molecule has 0 radical (unpaired) electrons. The molecule has 0 spiro atoms. The molecule has 6 heteroatoms. The first-order valence-corrected chi connectivity index (χ1v) is 6.66. The van der Waals surface area contributed by atoms with Crippen LogP contribution in [0.15, 0.2) is 24.3 Å². The number of hydrogen-bond donors (Lipinski definition) is 2. The zero-order valence-corrected chi connectivity index (χ0v) is 13.8. The summed E-state index contributed by atoms with van der Waals surface area (Å²) >= 11 is 0. The first-order chi connectivity index (χ1) is 9.34. The van der Waals surface area contributed by atoms with Crippen LogP contribution in [-0.4, -0.2) is 31.3 Å². The van der Waals surface area contributed by atoms with Gasteiger partial charge >= 0.3 is 0 Å². The van der Waals surface area contributed by atoms with Gasteiger partial charge in [0.2, 0.25) is 5.91 Å². The molecular weight excluding hydrogens is 292 g/mol. The lowest BCUT2D eigenvalue weighted by molar-refractivity contribution is -0.118. The van der Waals surface area contributed by atoms with Crippen LogP contribution in [0.5, 0.6) is 5.75 Å². The monoisotopic (exact) mass is 316 g/mol. The maximum absolute atomic E-state index is 11.8. The SMILES string of the molecule is COC(CN)CC(=O)Nc1ccc(OC(C)(C)C)cc1.Cl. The lowest BCUT2D eigenvalue weighted by Gasteiger charge is -2.21. The van der Waals surface area contributed by atoms with Crippen molar-refractivity contribution in [1.82, 2.24) is 0 Å². The zero-order valence-electron chi connectivity index (χ0n) is 13.0. The Balaban J connectivity index is 0.00000400. The van der Waals surface area contributed by atoms with Gasteiger partial charge in [0.15, 0.2) is 0 Å². The summed E-state index contributed by atoms with van der Waals surface area (Å²) < 4.78 is 10.8. The average molecular weight is 317 g/mol. The van der Waals surface area contributed by atoms with Crippen LogP contribution in [0.4, 0.5) is 5.69 Å². The molecule has 1 unspecified atom stereocenters. The first kappa shape index (κ1) is 19.7. The second kappa shape index (κ2) is 8.87. The van der Waals surface area contributed by atoms with Gasteiger partial charge in [-0.2, -0.15) is 0 Å². The molecule has 1 amide bonds. The molecule has 1 rings (SSSR count). The van der Waals surface area contributed by atoms with Gasteiger partial charge in [0.05, 0.1) is 12.5 Å². The molecule has 0 saturated carbocycles. The Kier molecular flexibility index (Phi) is 8.32. The molecule has 3 N–H and O–H groups in total. The Morgan fingerprint density at radius 3 is 2.29 bits per heavy atom. The average Bonchev–Trinajstić information content (AvgIpc) is 2.36. The highest BCUT2D eigenvalue weighted by atomic mass is 35.5. The molecule has 0 aliphatic heterocycles. The molecule has 0 heterocycles. The predicted molar refractivity (Wildman–Crippen MR) is 87.2 cm³/mol. The second-order valence-electron chi connectivity index (χ2n) is 5.58. The number of benzene rings is 1. The topological polar surface area (TPSA) is 73.6 Å². The number of methoxy groups -OCH3 is 1. The number of carbonyl (C=O) groups excluding carboxylic acids is 1. The summed E-state index contributed by atoms with van der Waals surface area (Å²) in [5.41, 5.74) is 5.97. The summed E-state index contributed by atoms with van der Waals surface area (Å²) in [6.07, 6.45) is -0.00810. The molecular formula is C15H25ClN2O3. The van der Waals surface area contributed by atoms with Crippen LogP contribution >= 0.6 is 12.4 Å². The number of rotatable bonds is 6. The van der Waals surface area contributed by atoms with E-state index in [1.165, 1.54) is 0 Å². The van der Waals surface area contributed by atoms with Crippen molar-refractivity contribution in [3.63, 3.8) is 0 Å². The normalized spacial score (nSPS) is 12.2. The van der Waals surface area contributed by atoms with E-state index in [0.29, 0.717) is 6.54 Å². The molecule has 0 bridgehead atoms. The highest BCUT2D eigenvalue weighted by molar-refractivity contribution is 5.91. The third-order valence-electron chi connectivity index (χ3n) is 2.57. The summed E-state index contributed by atoms with van der Waals surface area (Å²) in [5, 5.41) is 2.80. The number of halogens is 1. The van der Waals surface area contributed by atoms with Crippen molar-refractivity contribution in [1.29, 1.82) is 0 Å². The van der Waals surface area contributed by atoms with E-state index < -0.39 is 0 Å². The van der Waals surface area contributed by atoms with Crippen molar-refractivity contribution in [3.8, 4) is 5.75 Å². The third-order valence-corrected chi connectivity index (χ3v) is 2.57. The molecule has 0 aliphatic rings. The van der Waals surface area contributed by atoms with Crippen molar-refractivity contribution in [2.75, 3.05) is 19.0 Å². The van der Waals surface area contributed by atoms with Crippen molar-refractivity contribution in [2.24, 2.45) is 5.73 Å². The Morgan fingerprint density at radius 1 is 1.29 bits per heavy atom. The molecule has 0 aromatic heterocycles. The number of hydrogen-bond acceptors (Lipinski definition) is 4. The summed E-state index contributed by atoms with van der Waals surface area (Å²) in [4.78, 5) is 11.8. The van der Waals surface area contributed by atoms with Crippen LogP contribution < -0.4 is 15.8 Å². The fourth-order valence-electron chi connectivity index (χ4n) is 1.64. The fraction of sp³-hybridized carbons (Fsp3) is 0.533. The minimum atomic E-state index is -0.251. The highest BCUT2D eigenvalue weighted by Crippen LogP contribution is 2.20. The Labute approximate surface area is 132 Å². The number of anilines is 1. The maximum Gasteiger partial charge on any atom is 0.227 e. The van der Waals surface area contributed by atoms with Gasteiger partial charge in [0.1, 0.15) is 11.4 Å². The fourth-order valence-corrected chi connectivity index (χ4v) is 1.64. The van der Waals surface area contributed by atoms with Gasteiger partial charge in [-0.25, -0.2) is 0 Å². The van der Waals surface area contributed by atoms with E-state index in [1.807, 2.05) is 45.0 Å². The van der Waals surface area contributed by atoms with E-state index in [0.717, 1.165) is 11.4 Å². The number of nitrogens with two attached hydrogens (primary N) is 1. The first-order valence-electron chi connectivity index (χ1n) is 6.66. The summed E-state index contributed by atoms with van der Waals surface area (Å²) in [6.45, 7) is 6.28. The Morgan fingerprint density at radius 2 is 1.86 bits per heavy atom. The third kappa shape index (κ3) is 7.90. The van der Waals surface area contributed by atoms with Crippen LogP contribution in [0.1, 0.15) is 27.2 Å². The molecule has 1 aromatic carbocycles. The quantitative estimate of drug-likeness (QED) is 0.846. The van der Waals surface area contributed by atoms with E-state index in [2.05, 4.69) is 5.32 Å². The standard InChI is InChI=1S/C15H24N2O3.ClH/c1-15(2,3)20-12-7-5-11(6-8-12)17-14(18)9-13(10-16)19-4;/h5-8,13H,9-10,16H2,1-4H3,(H,17,18);1H. The van der Waals surface area contributed by atoms with E-state index >= 15 is 0 Å². The summed E-state index contributed by atoms with van der Waals surface area (Å²) in [6, 6.07) is 7.28. The molecule has 21 heavy (non-hydrogen) atoms. The number of carbonyl (C=O) groups is 1. The Hall–Kier alpha value is -1.30. The van der Waals surface area contributed by atoms with E-state index in [9.17, 15) is 4.79 Å². The second-order valence-corrected chi connectivity index (χ2v) is 5.58. The van der Waals surface area contributed by atoms with Crippen molar-refractivity contribution in [3.05, 3.63) is 24.3 Å². The maximum atomic E-state index is 11.8. The van der Waals surface area contributed by atoms with Gasteiger partial charge in [-0.3, -0.25) is 4.79 Å². The number of amides is 1. The zero-order chi connectivity index (χ0) is 15.2. The molecule has 0 aliphatic carbocycles. The van der Waals surface area contributed by atoms with Crippen LogP contribution in [0, 0.1) is 0 Å². The predicted octanol–water partition coefficient (Wildman–Crippen LogP) is 2.59.